The van der Waals surface area contributed by atoms with Crippen LogP contribution in [0.15, 0.2) is 47.3 Å². The van der Waals surface area contributed by atoms with Crippen molar-refractivity contribution in [2.75, 3.05) is 11.9 Å². The number of benzene rings is 2. The summed E-state index contributed by atoms with van der Waals surface area (Å²) in [6.45, 7) is 8.73. The fraction of sp³-hybridized carbons (Fsp3) is 0.348. The molecule has 1 amide bonds. The largest absolute Gasteiger partial charge is 0.324 e. The number of aromatic amines is 1. The van der Waals surface area contributed by atoms with Crippen LogP contribution in [0.25, 0.3) is 10.9 Å². The Morgan fingerprint density at radius 2 is 1.93 bits per heavy atom. The van der Waals surface area contributed by atoms with E-state index in [1.165, 1.54) is 0 Å². The normalized spacial score (nSPS) is 11.4. The number of hydrogen-bond acceptors (Lipinski definition) is 4. The molecular formula is C23H28N4O2. The Kier molecular flexibility index (Phi) is 6.44. The Morgan fingerprint density at radius 3 is 2.66 bits per heavy atom. The van der Waals surface area contributed by atoms with Crippen molar-refractivity contribution in [2.45, 2.75) is 46.7 Å². The highest BCUT2D eigenvalue weighted by molar-refractivity contribution is 5.93. The van der Waals surface area contributed by atoms with Gasteiger partial charge < -0.3 is 10.3 Å². The molecule has 3 aromatic rings. The summed E-state index contributed by atoms with van der Waals surface area (Å²) < 4.78 is 0. The van der Waals surface area contributed by atoms with E-state index in [1.54, 1.807) is 6.07 Å². The molecule has 0 saturated heterocycles. The standard InChI is InChI=1S/C23H28N4O2/c1-5-17-10-8-9-16(4)22(17)26-21(28)14-27(15(2)3)13-20-24-19-12-7-6-11-18(19)23(29)25-20/h6-12,15H,5,13-14H2,1-4H3,(H,26,28)(H,24,25,29). The number of amides is 1. The highest BCUT2D eigenvalue weighted by Gasteiger charge is 2.18. The minimum atomic E-state index is -0.161. The van der Waals surface area contributed by atoms with E-state index in [1.807, 2.05) is 62.1 Å². The second-order valence-electron chi connectivity index (χ2n) is 7.54. The highest BCUT2D eigenvalue weighted by atomic mass is 16.2. The Balaban J connectivity index is 1.77. The van der Waals surface area contributed by atoms with E-state index in [0.717, 1.165) is 23.2 Å². The van der Waals surface area contributed by atoms with Crippen LogP contribution in [0, 0.1) is 6.92 Å². The molecule has 3 rings (SSSR count). The van der Waals surface area contributed by atoms with E-state index in [9.17, 15) is 9.59 Å². The molecule has 0 radical (unpaired) electrons. The zero-order valence-corrected chi connectivity index (χ0v) is 17.5. The number of nitrogens with zero attached hydrogens (tertiary/aromatic N) is 2. The van der Waals surface area contributed by atoms with Crippen molar-refractivity contribution in [1.82, 2.24) is 14.9 Å². The lowest BCUT2D eigenvalue weighted by atomic mass is 10.1. The van der Waals surface area contributed by atoms with Crippen molar-refractivity contribution in [3.8, 4) is 0 Å². The molecule has 152 valence electrons. The topological polar surface area (TPSA) is 78.1 Å². The van der Waals surface area contributed by atoms with Crippen LogP contribution in [0.1, 0.15) is 37.7 Å². The maximum Gasteiger partial charge on any atom is 0.258 e. The van der Waals surface area contributed by atoms with Crippen LogP contribution in [0.4, 0.5) is 5.69 Å². The number of carbonyl (C=O) groups excluding carboxylic acids is 1. The SMILES string of the molecule is CCc1cccc(C)c1NC(=O)CN(Cc1nc2ccccc2c(=O)[nH]1)C(C)C. The Hall–Kier alpha value is -2.99. The highest BCUT2D eigenvalue weighted by Crippen LogP contribution is 2.21. The maximum absolute atomic E-state index is 12.8. The van der Waals surface area contributed by atoms with Gasteiger partial charge in [0.25, 0.3) is 5.56 Å². The number of hydrogen-bond donors (Lipinski definition) is 2. The van der Waals surface area contributed by atoms with Gasteiger partial charge in [0, 0.05) is 11.7 Å². The molecule has 6 nitrogen and oxygen atoms in total. The third-order valence-corrected chi connectivity index (χ3v) is 5.10. The summed E-state index contributed by atoms with van der Waals surface area (Å²) in [5.41, 5.74) is 3.56. The first-order chi connectivity index (χ1) is 13.9. The molecule has 0 aliphatic rings. The molecule has 0 aliphatic heterocycles. The van der Waals surface area contributed by atoms with Gasteiger partial charge in [-0.1, -0.05) is 37.3 Å². The third kappa shape index (κ3) is 4.90. The van der Waals surface area contributed by atoms with Gasteiger partial charge in [0.05, 0.1) is 24.0 Å². The van der Waals surface area contributed by atoms with E-state index in [-0.39, 0.29) is 24.1 Å². The van der Waals surface area contributed by atoms with Crippen LogP contribution in [-0.2, 0) is 17.8 Å². The van der Waals surface area contributed by atoms with Gasteiger partial charge in [-0.05, 0) is 50.5 Å². The summed E-state index contributed by atoms with van der Waals surface area (Å²) in [6, 6.07) is 13.4. The van der Waals surface area contributed by atoms with Crippen molar-refractivity contribution < 1.29 is 4.79 Å². The van der Waals surface area contributed by atoms with Crippen LogP contribution < -0.4 is 10.9 Å². The van der Waals surface area contributed by atoms with Crippen LogP contribution in [-0.4, -0.2) is 33.4 Å². The predicted molar refractivity (Wildman–Crippen MR) is 117 cm³/mol. The van der Waals surface area contributed by atoms with Crippen molar-refractivity contribution in [3.05, 3.63) is 69.8 Å². The lowest BCUT2D eigenvalue weighted by Gasteiger charge is -2.25. The molecule has 2 aromatic carbocycles. The smallest absolute Gasteiger partial charge is 0.258 e. The Bertz CT molecular complexity index is 1070. The first kappa shape index (κ1) is 20.7. The summed E-state index contributed by atoms with van der Waals surface area (Å²) in [4.78, 5) is 34.5. The van der Waals surface area contributed by atoms with Gasteiger partial charge in [-0.2, -0.15) is 0 Å². The lowest BCUT2D eigenvalue weighted by molar-refractivity contribution is -0.117. The van der Waals surface area contributed by atoms with Gasteiger partial charge in [0.15, 0.2) is 0 Å². The molecule has 0 spiro atoms. The molecule has 1 heterocycles. The second-order valence-corrected chi connectivity index (χ2v) is 7.54. The van der Waals surface area contributed by atoms with Crippen molar-refractivity contribution in [3.63, 3.8) is 0 Å². The molecule has 1 aromatic heterocycles. The first-order valence-electron chi connectivity index (χ1n) is 9.99. The van der Waals surface area contributed by atoms with Crippen LogP contribution in [0.2, 0.25) is 0 Å². The predicted octanol–water partition coefficient (Wildman–Crippen LogP) is 3.64. The van der Waals surface area contributed by atoms with Gasteiger partial charge >= 0.3 is 0 Å². The number of aryl methyl sites for hydroxylation is 2. The fourth-order valence-electron chi connectivity index (χ4n) is 3.39. The molecule has 0 aliphatic carbocycles. The minimum Gasteiger partial charge on any atom is -0.324 e. The molecular weight excluding hydrogens is 364 g/mol. The Labute approximate surface area is 171 Å². The number of rotatable bonds is 7. The molecule has 0 fully saturated rings. The maximum atomic E-state index is 12.8. The number of aromatic nitrogens is 2. The first-order valence-corrected chi connectivity index (χ1v) is 9.99. The zero-order valence-electron chi connectivity index (χ0n) is 17.5. The molecule has 0 unspecified atom stereocenters. The number of fused-ring (bicyclic) bond motifs is 1. The monoisotopic (exact) mass is 392 g/mol. The third-order valence-electron chi connectivity index (χ3n) is 5.10. The van der Waals surface area contributed by atoms with E-state index in [4.69, 9.17) is 0 Å². The molecule has 6 heteroatoms. The van der Waals surface area contributed by atoms with E-state index in [2.05, 4.69) is 22.2 Å². The summed E-state index contributed by atoms with van der Waals surface area (Å²) >= 11 is 0. The summed E-state index contributed by atoms with van der Waals surface area (Å²) in [7, 11) is 0. The molecule has 29 heavy (non-hydrogen) atoms. The zero-order chi connectivity index (χ0) is 21.0. The molecule has 0 saturated carbocycles. The summed E-state index contributed by atoms with van der Waals surface area (Å²) in [5.74, 6) is 0.478. The number of H-pyrrole nitrogens is 1. The van der Waals surface area contributed by atoms with Gasteiger partial charge in [-0.15, -0.1) is 0 Å². The van der Waals surface area contributed by atoms with Crippen molar-refractivity contribution in [2.24, 2.45) is 0 Å². The van der Waals surface area contributed by atoms with Crippen molar-refractivity contribution >= 4 is 22.5 Å². The summed E-state index contributed by atoms with van der Waals surface area (Å²) in [6.07, 6.45) is 0.855. The molecule has 2 N–H and O–H groups in total. The average Bonchev–Trinajstić information content (AvgIpc) is 2.69. The quantitative estimate of drug-likeness (QED) is 0.643. The number of para-hydroxylation sites is 2. The lowest BCUT2D eigenvalue weighted by Crippen LogP contribution is -2.38. The van der Waals surface area contributed by atoms with Gasteiger partial charge in [0.2, 0.25) is 5.91 Å². The molecule has 0 atom stereocenters. The van der Waals surface area contributed by atoms with E-state index < -0.39 is 0 Å². The number of anilines is 1. The van der Waals surface area contributed by atoms with E-state index in [0.29, 0.717) is 23.3 Å². The van der Waals surface area contributed by atoms with E-state index >= 15 is 0 Å². The number of carbonyl (C=O) groups is 1. The van der Waals surface area contributed by atoms with Crippen LogP contribution in [0.5, 0.6) is 0 Å². The van der Waals surface area contributed by atoms with Gasteiger partial charge in [-0.3, -0.25) is 14.5 Å². The van der Waals surface area contributed by atoms with Crippen molar-refractivity contribution in [1.29, 1.82) is 0 Å². The van der Waals surface area contributed by atoms with Gasteiger partial charge in [0.1, 0.15) is 5.82 Å². The fourth-order valence-corrected chi connectivity index (χ4v) is 3.39. The second kappa shape index (κ2) is 9.01. The van der Waals surface area contributed by atoms with Crippen LogP contribution >= 0.6 is 0 Å². The average molecular weight is 393 g/mol. The minimum absolute atomic E-state index is 0.0779. The number of nitrogens with one attached hydrogen (secondary N) is 2. The Morgan fingerprint density at radius 1 is 1.17 bits per heavy atom. The van der Waals surface area contributed by atoms with Crippen LogP contribution in [0.3, 0.4) is 0 Å². The van der Waals surface area contributed by atoms with Gasteiger partial charge in [-0.25, -0.2) is 4.98 Å². The summed E-state index contributed by atoms with van der Waals surface area (Å²) in [5, 5.41) is 3.64. The molecule has 0 bridgehead atoms.